The molecule has 2 saturated heterocycles. The zero-order valence-corrected chi connectivity index (χ0v) is 13.6. The van der Waals surface area contributed by atoms with E-state index in [-0.39, 0.29) is 24.5 Å². The van der Waals surface area contributed by atoms with Crippen molar-refractivity contribution in [2.75, 3.05) is 19.7 Å². The van der Waals surface area contributed by atoms with E-state index in [1.807, 2.05) is 37.3 Å². The van der Waals surface area contributed by atoms with Crippen LogP contribution in [-0.4, -0.2) is 63.2 Å². The summed E-state index contributed by atoms with van der Waals surface area (Å²) in [5, 5.41) is 4.30. The highest BCUT2D eigenvalue weighted by molar-refractivity contribution is 5.99. The van der Waals surface area contributed by atoms with Gasteiger partial charge in [0.25, 0.3) is 11.8 Å². The molecule has 0 bridgehead atoms. The van der Waals surface area contributed by atoms with E-state index >= 15 is 0 Å². The molecule has 0 aliphatic carbocycles. The molecule has 8 heteroatoms. The lowest BCUT2D eigenvalue weighted by molar-refractivity contribution is -0.129. The van der Waals surface area contributed by atoms with E-state index < -0.39 is 6.09 Å². The van der Waals surface area contributed by atoms with Crippen molar-refractivity contribution in [2.45, 2.75) is 13.0 Å². The molecule has 2 fully saturated rings. The fourth-order valence-electron chi connectivity index (χ4n) is 3.12. The molecule has 4 rings (SSSR count). The Morgan fingerprint density at radius 2 is 1.92 bits per heavy atom. The van der Waals surface area contributed by atoms with Crippen molar-refractivity contribution in [1.82, 2.24) is 19.6 Å². The molecule has 128 valence electrons. The Hall–Kier alpha value is -3.16. The highest BCUT2D eigenvalue weighted by atomic mass is 16.6. The summed E-state index contributed by atoms with van der Waals surface area (Å²) in [5.74, 6) is -0.508. The summed E-state index contributed by atoms with van der Waals surface area (Å²) < 4.78 is 6.42. The van der Waals surface area contributed by atoms with Crippen LogP contribution in [0, 0.1) is 6.92 Å². The third kappa shape index (κ3) is 2.46. The van der Waals surface area contributed by atoms with Gasteiger partial charge in [0, 0.05) is 13.1 Å². The number of amides is 3. The molecule has 0 unspecified atom stereocenters. The third-order valence-electron chi connectivity index (χ3n) is 4.54. The van der Waals surface area contributed by atoms with Crippen molar-refractivity contribution >= 4 is 17.9 Å². The molecule has 0 spiro atoms. The van der Waals surface area contributed by atoms with Crippen LogP contribution in [0.25, 0.3) is 5.69 Å². The number of aromatic nitrogens is 2. The molecule has 1 aromatic carbocycles. The van der Waals surface area contributed by atoms with Crippen LogP contribution in [0.3, 0.4) is 0 Å². The fraction of sp³-hybridized carbons (Fsp3) is 0.294. The maximum Gasteiger partial charge on any atom is 0.417 e. The van der Waals surface area contributed by atoms with E-state index in [0.29, 0.717) is 18.7 Å². The van der Waals surface area contributed by atoms with Crippen molar-refractivity contribution in [3.05, 3.63) is 47.8 Å². The van der Waals surface area contributed by atoms with Crippen LogP contribution in [0.4, 0.5) is 4.79 Å². The summed E-state index contributed by atoms with van der Waals surface area (Å²) in [6, 6.07) is 9.25. The topological polar surface area (TPSA) is 84.7 Å². The zero-order valence-electron chi connectivity index (χ0n) is 13.6. The first-order valence-electron chi connectivity index (χ1n) is 7.94. The lowest BCUT2D eigenvalue weighted by Crippen LogP contribution is -2.62. The van der Waals surface area contributed by atoms with Crippen molar-refractivity contribution in [2.24, 2.45) is 0 Å². The summed E-state index contributed by atoms with van der Waals surface area (Å²) in [4.78, 5) is 38.6. The number of carbonyl (C=O) groups is 3. The number of carbonyl (C=O) groups excluding carboxylic acids is 3. The minimum Gasteiger partial charge on any atom is -0.439 e. The standard InChI is InChI=1S/C17H16N4O4/c1-11-14(7-18-21(11)12-5-3-2-4-6-12)16(23)19-8-13(9-19)20-15(22)10-25-17(20)24/h2-7,13H,8-10H2,1H3. The largest absolute Gasteiger partial charge is 0.439 e. The second-order valence-electron chi connectivity index (χ2n) is 6.07. The molecule has 3 heterocycles. The molecular weight excluding hydrogens is 324 g/mol. The predicted molar refractivity (Wildman–Crippen MR) is 86.2 cm³/mol. The Morgan fingerprint density at radius 3 is 2.56 bits per heavy atom. The zero-order chi connectivity index (χ0) is 17.6. The Kier molecular flexibility index (Phi) is 3.52. The highest BCUT2D eigenvalue weighted by Crippen LogP contribution is 2.23. The lowest BCUT2D eigenvalue weighted by Gasteiger charge is -2.41. The first-order valence-corrected chi connectivity index (χ1v) is 7.94. The number of benzene rings is 1. The first-order chi connectivity index (χ1) is 12.1. The molecule has 2 aromatic rings. The van der Waals surface area contributed by atoms with E-state index in [2.05, 4.69) is 5.10 Å². The molecule has 0 radical (unpaired) electrons. The van der Waals surface area contributed by atoms with Crippen molar-refractivity contribution < 1.29 is 19.1 Å². The maximum atomic E-state index is 12.7. The van der Waals surface area contributed by atoms with Gasteiger partial charge in [0.05, 0.1) is 29.2 Å². The minimum absolute atomic E-state index is 0.157. The molecule has 0 N–H and O–H groups in total. The summed E-state index contributed by atoms with van der Waals surface area (Å²) >= 11 is 0. The van der Waals surface area contributed by atoms with Crippen LogP contribution in [0.15, 0.2) is 36.5 Å². The number of rotatable bonds is 3. The van der Waals surface area contributed by atoms with Crippen LogP contribution in [0.1, 0.15) is 16.1 Å². The van der Waals surface area contributed by atoms with Crippen LogP contribution in [0.5, 0.6) is 0 Å². The van der Waals surface area contributed by atoms with Gasteiger partial charge in [-0.25, -0.2) is 14.4 Å². The molecular formula is C17H16N4O4. The fourth-order valence-corrected chi connectivity index (χ4v) is 3.12. The molecule has 0 atom stereocenters. The van der Waals surface area contributed by atoms with Crippen LogP contribution < -0.4 is 0 Å². The average Bonchev–Trinajstić information content (AvgIpc) is 3.11. The summed E-state index contributed by atoms with van der Waals surface area (Å²) in [7, 11) is 0. The van der Waals surface area contributed by atoms with Gasteiger partial charge in [0.2, 0.25) is 0 Å². The van der Waals surface area contributed by atoms with E-state index in [4.69, 9.17) is 4.74 Å². The number of nitrogens with zero attached hydrogens (tertiary/aromatic N) is 4. The average molecular weight is 340 g/mol. The Morgan fingerprint density at radius 1 is 1.20 bits per heavy atom. The van der Waals surface area contributed by atoms with Gasteiger partial charge in [0.15, 0.2) is 6.61 Å². The molecule has 8 nitrogen and oxygen atoms in total. The summed E-state index contributed by atoms with van der Waals surface area (Å²) in [5.41, 5.74) is 2.14. The Balaban J connectivity index is 1.47. The van der Waals surface area contributed by atoms with Gasteiger partial charge in [-0.05, 0) is 19.1 Å². The van der Waals surface area contributed by atoms with Crippen LogP contribution >= 0.6 is 0 Å². The van der Waals surface area contributed by atoms with Crippen LogP contribution in [-0.2, 0) is 9.53 Å². The SMILES string of the molecule is Cc1c(C(=O)N2CC(N3C(=O)COC3=O)C2)cnn1-c1ccccc1. The number of para-hydroxylation sites is 1. The molecule has 3 amide bonds. The van der Waals surface area contributed by atoms with Gasteiger partial charge < -0.3 is 9.64 Å². The minimum atomic E-state index is -0.629. The number of likely N-dealkylation sites (tertiary alicyclic amines) is 1. The smallest absolute Gasteiger partial charge is 0.417 e. The summed E-state index contributed by atoms with van der Waals surface area (Å²) in [6.07, 6.45) is 0.919. The molecule has 2 aliphatic heterocycles. The van der Waals surface area contributed by atoms with Gasteiger partial charge in [-0.1, -0.05) is 18.2 Å². The second kappa shape index (κ2) is 5.73. The van der Waals surface area contributed by atoms with Gasteiger partial charge in [0.1, 0.15) is 0 Å². The van der Waals surface area contributed by atoms with E-state index in [1.165, 1.54) is 0 Å². The molecule has 0 saturated carbocycles. The predicted octanol–water partition coefficient (Wildman–Crippen LogP) is 0.984. The number of imide groups is 1. The Bertz CT molecular complexity index is 839. The lowest BCUT2D eigenvalue weighted by atomic mass is 10.1. The van der Waals surface area contributed by atoms with Crippen molar-refractivity contribution in [1.29, 1.82) is 0 Å². The van der Waals surface area contributed by atoms with Crippen molar-refractivity contribution in [3.63, 3.8) is 0 Å². The number of hydrogen-bond acceptors (Lipinski definition) is 5. The number of ether oxygens (including phenoxy) is 1. The number of cyclic esters (lactones) is 1. The van der Waals surface area contributed by atoms with E-state index in [0.717, 1.165) is 16.3 Å². The number of hydrogen-bond donors (Lipinski definition) is 0. The first kappa shape index (κ1) is 15.4. The van der Waals surface area contributed by atoms with E-state index in [9.17, 15) is 14.4 Å². The third-order valence-corrected chi connectivity index (χ3v) is 4.54. The highest BCUT2D eigenvalue weighted by Gasteiger charge is 2.44. The van der Waals surface area contributed by atoms with Gasteiger partial charge >= 0.3 is 6.09 Å². The van der Waals surface area contributed by atoms with E-state index in [1.54, 1.807) is 15.8 Å². The maximum absolute atomic E-state index is 12.7. The van der Waals surface area contributed by atoms with Gasteiger partial charge in [-0.15, -0.1) is 0 Å². The normalized spacial score (nSPS) is 17.6. The quantitative estimate of drug-likeness (QED) is 0.832. The Labute approximate surface area is 143 Å². The second-order valence-corrected chi connectivity index (χ2v) is 6.07. The van der Waals surface area contributed by atoms with Crippen LogP contribution in [0.2, 0.25) is 0 Å². The summed E-state index contributed by atoms with van der Waals surface area (Å²) in [6.45, 7) is 2.25. The molecule has 1 aromatic heterocycles. The monoisotopic (exact) mass is 340 g/mol. The van der Waals surface area contributed by atoms with Gasteiger partial charge in [-0.2, -0.15) is 5.10 Å². The van der Waals surface area contributed by atoms with Gasteiger partial charge in [-0.3, -0.25) is 9.59 Å². The molecule has 2 aliphatic rings. The molecule has 25 heavy (non-hydrogen) atoms. The van der Waals surface area contributed by atoms with Crippen molar-refractivity contribution in [3.8, 4) is 5.69 Å².